The van der Waals surface area contributed by atoms with Crippen molar-refractivity contribution in [2.75, 3.05) is 26.8 Å². The zero-order valence-corrected chi connectivity index (χ0v) is 13.4. The van der Waals surface area contributed by atoms with Crippen LogP contribution in [0.5, 0.6) is 5.75 Å². The van der Waals surface area contributed by atoms with Crippen molar-refractivity contribution in [1.82, 2.24) is 10.6 Å². The predicted octanol–water partition coefficient (Wildman–Crippen LogP) is 1.63. The Morgan fingerprint density at radius 2 is 2.14 bits per heavy atom. The largest absolute Gasteiger partial charge is 0.480 e. The molecule has 5 heteroatoms. The van der Waals surface area contributed by atoms with Gasteiger partial charge in [-0.15, -0.1) is 0 Å². The Hall–Kier alpha value is -1.59. The number of ether oxygens (including phenoxy) is 2. The first kappa shape index (κ1) is 17.5. The van der Waals surface area contributed by atoms with Gasteiger partial charge in [-0.3, -0.25) is 4.79 Å². The van der Waals surface area contributed by atoms with E-state index >= 15 is 0 Å². The molecule has 1 rings (SSSR count). The average Bonchev–Trinajstić information content (AvgIpc) is 2.46. The molecule has 0 radical (unpaired) electrons. The summed E-state index contributed by atoms with van der Waals surface area (Å²) in [5, 5.41) is 6.06. The predicted molar refractivity (Wildman–Crippen MR) is 83.5 cm³/mol. The maximum Gasteiger partial charge on any atom is 0.260 e. The fraction of sp³-hybridized carbons (Fsp3) is 0.562. The molecular formula is C16H26N2O3. The van der Waals surface area contributed by atoms with Gasteiger partial charge in [-0.2, -0.15) is 0 Å². The van der Waals surface area contributed by atoms with Gasteiger partial charge < -0.3 is 20.1 Å². The highest BCUT2D eigenvalue weighted by Crippen LogP contribution is 2.24. The number of methoxy groups -OCH3 is 1. The summed E-state index contributed by atoms with van der Waals surface area (Å²) in [5.41, 5.74) is 2.07. The number of rotatable bonds is 9. The van der Waals surface area contributed by atoms with Gasteiger partial charge >= 0.3 is 0 Å². The molecular weight excluding hydrogens is 268 g/mol. The van der Waals surface area contributed by atoms with Crippen molar-refractivity contribution in [2.45, 2.75) is 33.4 Å². The number of aryl methyl sites for hydroxylation is 1. The Bertz CT molecular complexity index is 449. The molecule has 0 aromatic heterocycles. The zero-order chi connectivity index (χ0) is 15.7. The lowest BCUT2D eigenvalue weighted by atomic mass is 10.1. The number of likely N-dealkylation sites (N-methyl/N-ethyl adjacent to an activating group) is 1. The molecule has 118 valence electrons. The van der Waals surface area contributed by atoms with Gasteiger partial charge in [0, 0.05) is 32.3 Å². The van der Waals surface area contributed by atoms with Gasteiger partial charge in [-0.25, -0.2) is 0 Å². The standard InChI is InChI=1S/C16H26N2O3/c1-5-18-16(19)13(3)21-15-12(2)7-6-8-14(15)11-17-9-10-20-4/h6-8,13,17H,5,9-11H2,1-4H3,(H,18,19). The minimum atomic E-state index is -0.510. The van der Waals surface area contributed by atoms with Crippen LogP contribution in [0.2, 0.25) is 0 Å². The summed E-state index contributed by atoms with van der Waals surface area (Å²) in [6.45, 7) is 8.36. The minimum absolute atomic E-state index is 0.0981. The van der Waals surface area contributed by atoms with Crippen molar-refractivity contribution in [3.63, 3.8) is 0 Å². The normalized spacial score (nSPS) is 12.0. The van der Waals surface area contributed by atoms with Crippen molar-refractivity contribution in [3.05, 3.63) is 29.3 Å². The number of nitrogens with one attached hydrogen (secondary N) is 2. The maximum atomic E-state index is 11.8. The number of para-hydroxylation sites is 1. The van der Waals surface area contributed by atoms with Gasteiger partial charge in [0.1, 0.15) is 5.75 Å². The quantitative estimate of drug-likeness (QED) is 0.680. The molecule has 0 heterocycles. The second-order valence-electron chi connectivity index (χ2n) is 4.89. The molecule has 0 fully saturated rings. The number of hydrogen-bond donors (Lipinski definition) is 2. The summed E-state index contributed by atoms with van der Waals surface area (Å²) < 4.78 is 10.9. The molecule has 1 aromatic rings. The highest BCUT2D eigenvalue weighted by atomic mass is 16.5. The summed E-state index contributed by atoms with van der Waals surface area (Å²) in [4.78, 5) is 11.8. The number of carbonyl (C=O) groups is 1. The Kier molecular flexibility index (Phi) is 7.79. The van der Waals surface area contributed by atoms with Crippen LogP contribution in [0.15, 0.2) is 18.2 Å². The van der Waals surface area contributed by atoms with Crippen molar-refractivity contribution in [1.29, 1.82) is 0 Å². The fourth-order valence-electron chi connectivity index (χ4n) is 1.97. The highest BCUT2D eigenvalue weighted by Gasteiger charge is 2.16. The second kappa shape index (κ2) is 9.37. The van der Waals surface area contributed by atoms with E-state index in [1.807, 2.05) is 32.0 Å². The molecule has 5 nitrogen and oxygen atoms in total. The molecule has 1 amide bonds. The van der Waals surface area contributed by atoms with E-state index in [1.165, 1.54) is 0 Å². The molecule has 1 unspecified atom stereocenters. The maximum absolute atomic E-state index is 11.8. The van der Waals surface area contributed by atoms with Gasteiger partial charge in [-0.1, -0.05) is 18.2 Å². The zero-order valence-electron chi connectivity index (χ0n) is 13.4. The van der Waals surface area contributed by atoms with Gasteiger partial charge in [-0.05, 0) is 26.3 Å². The van der Waals surface area contributed by atoms with Crippen LogP contribution in [0.3, 0.4) is 0 Å². The van der Waals surface area contributed by atoms with E-state index in [0.717, 1.165) is 23.4 Å². The molecule has 0 aliphatic carbocycles. The van der Waals surface area contributed by atoms with Gasteiger partial charge in [0.2, 0.25) is 0 Å². The Morgan fingerprint density at radius 3 is 2.81 bits per heavy atom. The second-order valence-corrected chi connectivity index (χ2v) is 4.89. The molecule has 1 aromatic carbocycles. The molecule has 0 aliphatic heterocycles. The summed E-state index contributed by atoms with van der Waals surface area (Å²) in [7, 11) is 1.68. The van der Waals surface area contributed by atoms with Crippen molar-refractivity contribution in [2.24, 2.45) is 0 Å². The average molecular weight is 294 g/mol. The van der Waals surface area contributed by atoms with Crippen LogP contribution in [0, 0.1) is 6.92 Å². The monoisotopic (exact) mass is 294 g/mol. The first-order chi connectivity index (χ1) is 10.1. The summed E-state index contributed by atoms with van der Waals surface area (Å²) >= 11 is 0. The first-order valence-electron chi connectivity index (χ1n) is 7.32. The van der Waals surface area contributed by atoms with Crippen molar-refractivity contribution in [3.8, 4) is 5.75 Å². The summed E-state index contributed by atoms with van der Waals surface area (Å²) in [6.07, 6.45) is -0.510. The van der Waals surface area contributed by atoms with Crippen molar-refractivity contribution < 1.29 is 14.3 Å². The Labute approximate surface area is 127 Å². The topological polar surface area (TPSA) is 59.6 Å². The summed E-state index contributed by atoms with van der Waals surface area (Å²) in [6, 6.07) is 5.98. The highest BCUT2D eigenvalue weighted by molar-refractivity contribution is 5.80. The van der Waals surface area contributed by atoms with Gasteiger partial charge in [0.05, 0.1) is 6.61 Å². The fourth-order valence-corrected chi connectivity index (χ4v) is 1.97. The molecule has 0 saturated heterocycles. The first-order valence-corrected chi connectivity index (χ1v) is 7.32. The van der Waals surface area contributed by atoms with Crippen LogP contribution < -0.4 is 15.4 Å². The van der Waals surface area contributed by atoms with Crippen LogP contribution in [0.25, 0.3) is 0 Å². The van der Waals surface area contributed by atoms with Crippen LogP contribution in [-0.2, 0) is 16.1 Å². The summed E-state index contributed by atoms with van der Waals surface area (Å²) in [5.74, 6) is 0.681. The van der Waals surface area contributed by atoms with E-state index in [0.29, 0.717) is 19.7 Å². The molecule has 1 atom stereocenters. The minimum Gasteiger partial charge on any atom is -0.480 e. The molecule has 0 aliphatic rings. The van der Waals surface area contributed by atoms with E-state index in [2.05, 4.69) is 10.6 Å². The molecule has 0 saturated carbocycles. The lowest BCUT2D eigenvalue weighted by Gasteiger charge is -2.19. The number of benzene rings is 1. The third kappa shape index (κ3) is 5.73. The number of carbonyl (C=O) groups excluding carboxylic acids is 1. The molecule has 21 heavy (non-hydrogen) atoms. The van der Waals surface area contributed by atoms with Crippen LogP contribution in [0.1, 0.15) is 25.0 Å². The van der Waals surface area contributed by atoms with Gasteiger partial charge in [0.15, 0.2) is 6.10 Å². The van der Waals surface area contributed by atoms with Crippen LogP contribution >= 0.6 is 0 Å². The van der Waals surface area contributed by atoms with Gasteiger partial charge in [0.25, 0.3) is 5.91 Å². The lowest BCUT2D eigenvalue weighted by Crippen LogP contribution is -2.36. The van der Waals surface area contributed by atoms with E-state index in [4.69, 9.17) is 9.47 Å². The van der Waals surface area contributed by atoms with E-state index in [1.54, 1.807) is 14.0 Å². The lowest BCUT2D eigenvalue weighted by molar-refractivity contribution is -0.127. The van der Waals surface area contributed by atoms with Crippen LogP contribution in [0.4, 0.5) is 0 Å². The SMILES string of the molecule is CCNC(=O)C(C)Oc1c(C)cccc1CNCCOC. The molecule has 2 N–H and O–H groups in total. The molecule has 0 bridgehead atoms. The van der Waals surface area contributed by atoms with E-state index in [-0.39, 0.29) is 5.91 Å². The Morgan fingerprint density at radius 1 is 1.38 bits per heavy atom. The van der Waals surface area contributed by atoms with E-state index in [9.17, 15) is 4.79 Å². The third-order valence-corrected chi connectivity index (χ3v) is 3.11. The number of hydrogen-bond acceptors (Lipinski definition) is 4. The number of amides is 1. The smallest absolute Gasteiger partial charge is 0.260 e. The molecule has 0 spiro atoms. The van der Waals surface area contributed by atoms with Crippen LogP contribution in [-0.4, -0.2) is 38.8 Å². The third-order valence-electron chi connectivity index (χ3n) is 3.11. The van der Waals surface area contributed by atoms with Crippen molar-refractivity contribution >= 4 is 5.91 Å². The Balaban J connectivity index is 2.73. The van der Waals surface area contributed by atoms with E-state index < -0.39 is 6.10 Å².